The van der Waals surface area contributed by atoms with Crippen LogP contribution in [0.3, 0.4) is 0 Å². The molecule has 0 aliphatic rings. The van der Waals surface area contributed by atoms with Gasteiger partial charge in [0.1, 0.15) is 10.9 Å². The summed E-state index contributed by atoms with van der Waals surface area (Å²) in [6.07, 6.45) is 1.50. The molecule has 0 atom stereocenters. The van der Waals surface area contributed by atoms with Crippen LogP contribution in [0.4, 0.5) is 0 Å². The zero-order chi connectivity index (χ0) is 4.41. The van der Waals surface area contributed by atoms with E-state index in [1.165, 1.54) is 6.26 Å². The first-order chi connectivity index (χ1) is 2.89. The molecule has 6 heavy (non-hydrogen) atoms. The maximum Gasteiger partial charge on any atom is 1.00 e. The van der Waals surface area contributed by atoms with Crippen molar-refractivity contribution in [1.82, 2.24) is 5.16 Å². The van der Waals surface area contributed by atoms with Gasteiger partial charge in [-0.1, -0.05) is 5.16 Å². The first-order valence-electron chi connectivity index (χ1n) is 1.45. The lowest BCUT2D eigenvalue weighted by Crippen LogP contribution is -1.50. The number of aromatic nitrogens is 1. The van der Waals surface area contributed by atoms with Gasteiger partial charge >= 0.3 is 1.43 Å². The summed E-state index contributed by atoms with van der Waals surface area (Å²) in [7, 11) is 0. The molecule has 0 bridgehead atoms. The van der Waals surface area contributed by atoms with Gasteiger partial charge in [-0.15, -0.1) is 0 Å². The second kappa shape index (κ2) is 1.43. The summed E-state index contributed by atoms with van der Waals surface area (Å²) in [5.41, 5.74) is 0. The lowest BCUT2D eigenvalue weighted by molar-refractivity contribution is 0.415. The first-order valence-corrected chi connectivity index (χ1v) is 2.25. The minimum Gasteiger partial charge on any atom is -0.364 e. The maximum absolute atomic E-state index is 4.42. The van der Waals surface area contributed by atoms with Crippen LogP contribution < -0.4 is 0 Å². The standard InChI is InChI=1S/C3H2BrNO/c4-3-1-2-6-5-3/h1-2H/p+1. The average Bonchev–Trinajstić information content (AvgIpc) is 1.86. The minimum absolute atomic E-state index is 0. The summed E-state index contributed by atoms with van der Waals surface area (Å²) in [6.45, 7) is 0. The summed E-state index contributed by atoms with van der Waals surface area (Å²) >= 11 is 3.08. The van der Waals surface area contributed by atoms with Gasteiger partial charge in [-0.3, -0.25) is 0 Å². The van der Waals surface area contributed by atoms with Crippen LogP contribution in [0.15, 0.2) is 21.5 Å². The Bertz CT molecular complexity index is 118. The summed E-state index contributed by atoms with van der Waals surface area (Å²) < 4.78 is 5.16. The summed E-state index contributed by atoms with van der Waals surface area (Å²) in [5, 5.41) is 3.46. The molecule has 2 nitrogen and oxygen atoms in total. The minimum atomic E-state index is 0. The molecule has 0 saturated carbocycles. The number of nitrogens with zero attached hydrogens (tertiary/aromatic N) is 1. The third-order valence-corrected chi connectivity index (χ3v) is 0.815. The van der Waals surface area contributed by atoms with Crippen LogP contribution in [0.2, 0.25) is 0 Å². The molecule has 32 valence electrons. The SMILES string of the molecule is Brc1ccon1.[H+]. The Morgan fingerprint density at radius 2 is 2.83 bits per heavy atom. The molecule has 0 amide bonds. The van der Waals surface area contributed by atoms with E-state index < -0.39 is 0 Å². The van der Waals surface area contributed by atoms with Crippen molar-refractivity contribution in [2.24, 2.45) is 0 Å². The van der Waals surface area contributed by atoms with Crippen molar-refractivity contribution in [1.29, 1.82) is 0 Å². The van der Waals surface area contributed by atoms with E-state index in [4.69, 9.17) is 0 Å². The quantitative estimate of drug-likeness (QED) is 0.559. The molecular weight excluding hydrogens is 146 g/mol. The fourth-order valence-corrected chi connectivity index (χ4v) is 0.389. The predicted octanol–water partition coefficient (Wildman–Crippen LogP) is 1.55. The summed E-state index contributed by atoms with van der Waals surface area (Å²) in [6, 6.07) is 1.72. The molecule has 0 unspecified atom stereocenters. The largest absolute Gasteiger partial charge is 1.00 e. The maximum atomic E-state index is 4.42. The van der Waals surface area contributed by atoms with E-state index in [1.54, 1.807) is 6.07 Å². The van der Waals surface area contributed by atoms with Crippen molar-refractivity contribution in [2.45, 2.75) is 0 Å². The van der Waals surface area contributed by atoms with Crippen LogP contribution in [0.1, 0.15) is 1.43 Å². The van der Waals surface area contributed by atoms with Crippen LogP contribution in [0.5, 0.6) is 0 Å². The predicted molar refractivity (Wildman–Crippen MR) is 25.3 cm³/mol. The zero-order valence-electron chi connectivity index (χ0n) is 3.89. The van der Waals surface area contributed by atoms with Crippen LogP contribution in [0, 0.1) is 0 Å². The summed E-state index contributed by atoms with van der Waals surface area (Å²) in [5.74, 6) is 0. The van der Waals surface area contributed by atoms with Gasteiger partial charge in [-0.05, 0) is 15.9 Å². The molecule has 0 fully saturated rings. The average molecular weight is 149 g/mol. The Balaban J connectivity index is 0.000000360. The van der Waals surface area contributed by atoms with E-state index in [1.807, 2.05) is 0 Å². The van der Waals surface area contributed by atoms with Crippen LogP contribution >= 0.6 is 15.9 Å². The third kappa shape index (κ3) is 0.597. The highest BCUT2D eigenvalue weighted by atomic mass is 79.9. The molecule has 0 spiro atoms. The lowest BCUT2D eigenvalue weighted by atomic mass is 10.8. The van der Waals surface area contributed by atoms with Gasteiger partial charge in [0.15, 0.2) is 0 Å². The van der Waals surface area contributed by atoms with Crippen molar-refractivity contribution in [3.05, 3.63) is 16.9 Å². The van der Waals surface area contributed by atoms with Crippen molar-refractivity contribution < 1.29 is 5.95 Å². The Hall–Kier alpha value is -0.310. The van der Waals surface area contributed by atoms with Gasteiger partial charge in [0.25, 0.3) is 0 Å². The molecule has 0 radical (unpaired) electrons. The summed E-state index contributed by atoms with van der Waals surface area (Å²) in [4.78, 5) is 0. The van der Waals surface area contributed by atoms with Gasteiger partial charge < -0.3 is 4.52 Å². The van der Waals surface area contributed by atoms with E-state index in [0.717, 1.165) is 4.60 Å². The Morgan fingerprint density at radius 1 is 2.00 bits per heavy atom. The van der Waals surface area contributed by atoms with Crippen LogP contribution in [0.25, 0.3) is 0 Å². The second-order valence-electron chi connectivity index (χ2n) is 0.822. The van der Waals surface area contributed by atoms with E-state index in [9.17, 15) is 0 Å². The number of hydrogen-bond acceptors (Lipinski definition) is 2. The molecule has 0 aromatic carbocycles. The Morgan fingerprint density at radius 3 is 3.00 bits per heavy atom. The molecular formula is C3H3BrNO+. The number of rotatable bonds is 0. The van der Waals surface area contributed by atoms with E-state index in [0.29, 0.717) is 0 Å². The molecule has 1 rings (SSSR count). The molecule has 0 aliphatic heterocycles. The monoisotopic (exact) mass is 148 g/mol. The molecule has 1 aromatic heterocycles. The Labute approximate surface area is 44.7 Å². The highest BCUT2D eigenvalue weighted by Crippen LogP contribution is 2.01. The number of halogens is 1. The third-order valence-electron chi connectivity index (χ3n) is 0.406. The van der Waals surface area contributed by atoms with Gasteiger partial charge in [0.05, 0.1) is 0 Å². The second-order valence-corrected chi connectivity index (χ2v) is 1.63. The topological polar surface area (TPSA) is 26.0 Å². The van der Waals surface area contributed by atoms with E-state index in [2.05, 4.69) is 25.6 Å². The van der Waals surface area contributed by atoms with Gasteiger partial charge in [0.2, 0.25) is 0 Å². The molecule has 1 aromatic rings. The fourth-order valence-electron chi connectivity index (χ4n) is 0.198. The Kier molecular flexibility index (Phi) is 0.919. The highest BCUT2D eigenvalue weighted by Gasteiger charge is 1.80. The zero-order valence-corrected chi connectivity index (χ0v) is 4.47. The van der Waals surface area contributed by atoms with E-state index >= 15 is 0 Å². The fraction of sp³-hybridized carbons (Fsp3) is 0. The van der Waals surface area contributed by atoms with Gasteiger partial charge in [0, 0.05) is 6.07 Å². The van der Waals surface area contributed by atoms with Crippen molar-refractivity contribution in [3.63, 3.8) is 0 Å². The first kappa shape index (κ1) is 3.87. The molecule has 1 heterocycles. The van der Waals surface area contributed by atoms with Crippen molar-refractivity contribution in [3.8, 4) is 0 Å². The van der Waals surface area contributed by atoms with Gasteiger partial charge in [-0.2, -0.15) is 0 Å². The lowest BCUT2D eigenvalue weighted by Gasteiger charge is -1.59. The molecule has 0 aliphatic carbocycles. The molecule has 0 saturated heterocycles. The highest BCUT2D eigenvalue weighted by molar-refractivity contribution is 9.10. The van der Waals surface area contributed by atoms with Crippen LogP contribution in [-0.4, -0.2) is 5.16 Å². The van der Waals surface area contributed by atoms with Crippen molar-refractivity contribution >= 4 is 15.9 Å². The van der Waals surface area contributed by atoms with Crippen LogP contribution in [-0.2, 0) is 0 Å². The van der Waals surface area contributed by atoms with E-state index in [-0.39, 0.29) is 1.43 Å². The van der Waals surface area contributed by atoms with Gasteiger partial charge in [-0.25, -0.2) is 0 Å². The molecule has 0 N–H and O–H groups in total. The molecule has 3 heteroatoms. The van der Waals surface area contributed by atoms with Crippen molar-refractivity contribution in [2.75, 3.05) is 0 Å². The smallest absolute Gasteiger partial charge is 0.364 e. The normalized spacial score (nSPS) is 8.83. The number of hydrogen-bond donors (Lipinski definition) is 0.